The number of hydrogen-bond donors (Lipinski definition) is 1. The average molecular weight is 374 g/mol. The molecule has 0 bridgehead atoms. The van der Waals surface area contributed by atoms with Gasteiger partial charge in [-0.15, -0.1) is 5.10 Å². The van der Waals surface area contributed by atoms with Crippen molar-refractivity contribution in [3.05, 3.63) is 60.2 Å². The second kappa shape index (κ2) is 7.84. The van der Waals surface area contributed by atoms with Crippen LogP contribution in [0.1, 0.15) is 12.5 Å². The number of aryl methyl sites for hydroxylation is 1. The predicted octanol–water partition coefficient (Wildman–Crippen LogP) is 3.60. The van der Waals surface area contributed by atoms with Gasteiger partial charge in [-0.25, -0.2) is 13.4 Å². The minimum Gasteiger partial charge on any atom is -0.258 e. The van der Waals surface area contributed by atoms with E-state index in [1.165, 1.54) is 17.3 Å². The average Bonchev–Trinajstić information content (AvgIpc) is 3.11. The highest BCUT2D eigenvalue weighted by Crippen LogP contribution is 2.21. The molecule has 0 radical (unpaired) electrons. The lowest BCUT2D eigenvalue weighted by Gasteiger charge is -2.02. The summed E-state index contributed by atoms with van der Waals surface area (Å²) in [6.45, 7) is 2.11. The molecule has 1 aromatic heterocycles. The summed E-state index contributed by atoms with van der Waals surface area (Å²) in [5.74, 6) is 1.15. The largest absolute Gasteiger partial charge is 0.258 e. The molecule has 0 fully saturated rings. The van der Waals surface area contributed by atoms with Crippen LogP contribution < -0.4 is 0 Å². The molecule has 3 aromatic rings. The monoisotopic (exact) mass is 373 g/mol. The van der Waals surface area contributed by atoms with Gasteiger partial charge in [-0.1, -0.05) is 61.2 Å². The summed E-state index contributed by atoms with van der Waals surface area (Å²) in [7, 11) is -3.27. The fourth-order valence-corrected chi connectivity index (χ4v) is 4.79. The van der Waals surface area contributed by atoms with Gasteiger partial charge in [-0.3, -0.25) is 5.10 Å². The third-order valence-corrected chi connectivity index (χ3v) is 6.63. The molecule has 130 valence electrons. The first kappa shape index (κ1) is 17.7. The topological polar surface area (TPSA) is 75.7 Å². The molecule has 0 unspecified atom stereocenters. The van der Waals surface area contributed by atoms with E-state index in [-0.39, 0.29) is 5.75 Å². The Morgan fingerprint density at radius 2 is 1.76 bits per heavy atom. The number of rotatable bonds is 7. The summed E-state index contributed by atoms with van der Waals surface area (Å²) in [5, 5.41) is 7.62. The molecule has 0 aliphatic rings. The zero-order valence-corrected chi connectivity index (χ0v) is 15.5. The zero-order chi connectivity index (χ0) is 17.7. The van der Waals surface area contributed by atoms with E-state index in [1.54, 1.807) is 30.3 Å². The van der Waals surface area contributed by atoms with Crippen LogP contribution >= 0.6 is 11.8 Å². The molecule has 0 saturated heterocycles. The van der Waals surface area contributed by atoms with Crippen molar-refractivity contribution < 1.29 is 8.42 Å². The predicted molar refractivity (Wildman–Crippen MR) is 100 cm³/mol. The quantitative estimate of drug-likeness (QED) is 0.641. The van der Waals surface area contributed by atoms with E-state index in [0.29, 0.717) is 21.6 Å². The molecule has 0 amide bonds. The Labute approximate surface area is 151 Å². The first-order valence-electron chi connectivity index (χ1n) is 8.01. The molecule has 5 nitrogen and oxygen atoms in total. The Kier molecular flexibility index (Phi) is 5.55. The van der Waals surface area contributed by atoms with Gasteiger partial charge in [-0.2, -0.15) is 0 Å². The zero-order valence-electron chi connectivity index (χ0n) is 13.8. The second-order valence-electron chi connectivity index (χ2n) is 5.50. The van der Waals surface area contributed by atoms with Gasteiger partial charge in [0.2, 0.25) is 5.16 Å². The molecule has 2 aromatic carbocycles. The van der Waals surface area contributed by atoms with Gasteiger partial charge in [-0.05, 0) is 24.1 Å². The molecule has 0 aliphatic heterocycles. The first-order chi connectivity index (χ1) is 12.1. The number of sulfone groups is 1. The minimum atomic E-state index is -3.27. The Balaban J connectivity index is 1.60. The smallest absolute Gasteiger partial charge is 0.208 e. The van der Waals surface area contributed by atoms with E-state index in [1.807, 2.05) is 12.1 Å². The Morgan fingerprint density at radius 1 is 1.04 bits per heavy atom. The summed E-state index contributed by atoms with van der Waals surface area (Å²) in [6, 6.07) is 16.6. The highest BCUT2D eigenvalue weighted by Gasteiger charge is 2.14. The molecular weight excluding hydrogens is 354 g/mol. The van der Waals surface area contributed by atoms with Crippen molar-refractivity contribution in [3.8, 4) is 11.4 Å². The van der Waals surface area contributed by atoms with Crippen molar-refractivity contribution in [1.82, 2.24) is 15.2 Å². The van der Waals surface area contributed by atoms with Crippen LogP contribution in [0, 0.1) is 0 Å². The van der Waals surface area contributed by atoms with Crippen molar-refractivity contribution in [3.63, 3.8) is 0 Å². The standard InChI is InChI=1S/C18H19N3O2S2/c1-2-14-8-10-15(11-9-14)17-19-18(21-20-17)24-12-13-25(22,23)16-6-4-3-5-7-16/h3-11H,2,12-13H2,1H3,(H,19,20,21). The molecule has 0 atom stereocenters. The lowest BCUT2D eigenvalue weighted by Crippen LogP contribution is -2.08. The molecule has 1 N–H and O–H groups in total. The van der Waals surface area contributed by atoms with Crippen LogP contribution in [-0.2, 0) is 16.3 Å². The van der Waals surface area contributed by atoms with Crippen molar-refractivity contribution >= 4 is 21.6 Å². The molecule has 3 rings (SSSR count). The van der Waals surface area contributed by atoms with E-state index >= 15 is 0 Å². The molecule has 25 heavy (non-hydrogen) atoms. The number of H-pyrrole nitrogens is 1. The lowest BCUT2D eigenvalue weighted by molar-refractivity contribution is 0.597. The number of aromatic nitrogens is 3. The number of thioether (sulfide) groups is 1. The highest BCUT2D eigenvalue weighted by molar-refractivity contribution is 8.00. The van der Waals surface area contributed by atoms with Gasteiger partial charge < -0.3 is 0 Å². The molecule has 1 heterocycles. The summed E-state index contributed by atoms with van der Waals surface area (Å²) >= 11 is 1.33. The number of nitrogens with one attached hydrogen (secondary N) is 1. The van der Waals surface area contributed by atoms with Crippen molar-refractivity contribution in [2.45, 2.75) is 23.4 Å². The fourth-order valence-electron chi connectivity index (χ4n) is 2.33. The van der Waals surface area contributed by atoms with E-state index in [0.717, 1.165) is 12.0 Å². The maximum atomic E-state index is 12.2. The van der Waals surface area contributed by atoms with Crippen molar-refractivity contribution in [1.29, 1.82) is 0 Å². The molecular formula is C18H19N3O2S2. The fraction of sp³-hybridized carbons (Fsp3) is 0.222. The highest BCUT2D eigenvalue weighted by atomic mass is 32.2. The number of benzene rings is 2. The number of aromatic amines is 1. The summed E-state index contributed by atoms with van der Waals surface area (Å²) < 4.78 is 24.5. The van der Waals surface area contributed by atoms with Gasteiger partial charge in [0.1, 0.15) is 0 Å². The third kappa shape index (κ3) is 4.49. The Hall–Kier alpha value is -2.12. The first-order valence-corrected chi connectivity index (χ1v) is 10.6. The molecule has 0 saturated carbocycles. The van der Waals surface area contributed by atoms with Crippen molar-refractivity contribution in [2.24, 2.45) is 0 Å². The van der Waals surface area contributed by atoms with Crippen LogP contribution in [0.3, 0.4) is 0 Å². The molecule has 0 spiro atoms. The van der Waals surface area contributed by atoms with Crippen LogP contribution in [0.5, 0.6) is 0 Å². The van der Waals surface area contributed by atoms with Gasteiger partial charge >= 0.3 is 0 Å². The van der Waals surface area contributed by atoms with Gasteiger partial charge in [0.15, 0.2) is 15.7 Å². The second-order valence-corrected chi connectivity index (χ2v) is 8.67. The Morgan fingerprint density at radius 3 is 2.44 bits per heavy atom. The van der Waals surface area contributed by atoms with Crippen LogP contribution in [0.2, 0.25) is 0 Å². The van der Waals surface area contributed by atoms with Crippen LogP contribution in [0.4, 0.5) is 0 Å². The number of hydrogen-bond acceptors (Lipinski definition) is 5. The van der Waals surface area contributed by atoms with Crippen LogP contribution in [0.25, 0.3) is 11.4 Å². The maximum absolute atomic E-state index is 12.2. The Bertz CT molecular complexity index is 920. The van der Waals surface area contributed by atoms with E-state index in [2.05, 4.69) is 34.2 Å². The number of nitrogens with zero attached hydrogens (tertiary/aromatic N) is 2. The SMILES string of the molecule is CCc1ccc(-c2nc(SCCS(=O)(=O)c3ccccc3)n[nH]2)cc1. The van der Waals surface area contributed by atoms with Crippen LogP contribution in [-0.4, -0.2) is 35.1 Å². The van der Waals surface area contributed by atoms with E-state index < -0.39 is 9.84 Å². The third-order valence-electron chi connectivity index (χ3n) is 3.79. The van der Waals surface area contributed by atoms with Gasteiger partial charge in [0, 0.05) is 11.3 Å². The molecule has 0 aliphatic carbocycles. The summed E-state index contributed by atoms with van der Waals surface area (Å²) in [5.41, 5.74) is 2.23. The van der Waals surface area contributed by atoms with Crippen LogP contribution in [0.15, 0.2) is 64.6 Å². The van der Waals surface area contributed by atoms with Gasteiger partial charge in [0.25, 0.3) is 0 Å². The minimum absolute atomic E-state index is 0.0523. The summed E-state index contributed by atoms with van der Waals surface area (Å²) in [6.07, 6.45) is 0.994. The van der Waals surface area contributed by atoms with E-state index in [9.17, 15) is 8.42 Å². The van der Waals surface area contributed by atoms with E-state index in [4.69, 9.17) is 0 Å². The normalized spacial score (nSPS) is 11.6. The summed E-state index contributed by atoms with van der Waals surface area (Å²) in [4.78, 5) is 4.78. The van der Waals surface area contributed by atoms with Gasteiger partial charge in [0.05, 0.1) is 10.6 Å². The lowest BCUT2D eigenvalue weighted by atomic mass is 10.1. The van der Waals surface area contributed by atoms with Crippen molar-refractivity contribution in [2.75, 3.05) is 11.5 Å². The maximum Gasteiger partial charge on any atom is 0.208 e. The molecule has 7 heteroatoms.